The number of amides is 1. The van der Waals surface area contributed by atoms with Crippen molar-refractivity contribution in [1.29, 1.82) is 0 Å². The Balaban J connectivity index is 3.90. The Morgan fingerprint density at radius 1 is 1.62 bits per heavy atom. The summed E-state index contributed by atoms with van der Waals surface area (Å²) in [5.41, 5.74) is 0. The lowest BCUT2D eigenvalue weighted by Crippen LogP contribution is -2.27. The Hall–Kier alpha value is -0.880. The number of ether oxygens (including phenoxy) is 1. The summed E-state index contributed by atoms with van der Waals surface area (Å²) in [6.07, 6.45) is 0. The molecular weight excluding hydrogens is 218 g/mol. The van der Waals surface area contributed by atoms with Gasteiger partial charge in [-0.3, -0.25) is 9.10 Å². The van der Waals surface area contributed by atoms with Crippen LogP contribution in [-0.4, -0.2) is 34.0 Å². The summed E-state index contributed by atoms with van der Waals surface area (Å²) in [5, 5.41) is -0.310. The number of rotatable bonds is 4. The molecule has 0 aromatic rings. The quantitative estimate of drug-likeness (QED) is 0.402. The van der Waals surface area contributed by atoms with Gasteiger partial charge >= 0.3 is 5.97 Å². The molecule has 0 bridgehead atoms. The molecule has 0 spiro atoms. The normalized spacial score (nSPS) is 9.08. The molecule has 74 valence electrons. The predicted molar refractivity (Wildman–Crippen MR) is 48.3 cm³/mol. The maximum Gasteiger partial charge on any atom is 0.349 e. The largest absolute Gasteiger partial charge is 0.451 e. The number of nitrogens with zero attached hydrogens (tertiary/aromatic N) is 1. The van der Waals surface area contributed by atoms with E-state index >= 15 is 0 Å². The highest BCUT2D eigenvalue weighted by atomic mass is 35.5. The lowest BCUT2D eigenvalue weighted by atomic mass is 10.6. The van der Waals surface area contributed by atoms with Gasteiger partial charge in [0, 0.05) is 7.05 Å². The Bertz CT molecular complexity index is 255. The van der Waals surface area contributed by atoms with E-state index in [1.54, 1.807) is 0 Å². The van der Waals surface area contributed by atoms with Crippen molar-refractivity contribution >= 4 is 35.3 Å². The molecule has 0 aliphatic rings. The second kappa shape index (κ2) is 5.71. The summed E-state index contributed by atoms with van der Waals surface area (Å²) >= 11 is 4.71. The standard InChI is InChI=1S/C6H8ClNO4S/c1-4(7)6(10)12-3-5(9)8(2)13-11/h13H,1,3H2,2H3. The van der Waals surface area contributed by atoms with E-state index in [-0.39, 0.29) is 5.03 Å². The van der Waals surface area contributed by atoms with Crippen LogP contribution in [0.4, 0.5) is 0 Å². The third-order valence-corrected chi connectivity index (χ3v) is 1.65. The highest BCUT2D eigenvalue weighted by Gasteiger charge is 2.11. The first-order valence-electron chi connectivity index (χ1n) is 3.10. The average molecular weight is 226 g/mol. The fourth-order valence-corrected chi connectivity index (χ4v) is 0.548. The first-order chi connectivity index (χ1) is 5.99. The maximum atomic E-state index is 10.9. The van der Waals surface area contributed by atoms with Crippen molar-refractivity contribution in [3.8, 4) is 0 Å². The van der Waals surface area contributed by atoms with Gasteiger partial charge in [0.1, 0.15) is 16.9 Å². The number of carbonyl (C=O) groups excluding carboxylic acids is 2. The molecule has 0 heterocycles. The zero-order chi connectivity index (χ0) is 10.4. The van der Waals surface area contributed by atoms with Gasteiger partial charge in [0.2, 0.25) is 0 Å². The van der Waals surface area contributed by atoms with Crippen LogP contribution in [0, 0.1) is 0 Å². The number of halogens is 1. The van der Waals surface area contributed by atoms with E-state index < -0.39 is 30.3 Å². The van der Waals surface area contributed by atoms with Crippen molar-refractivity contribution < 1.29 is 18.5 Å². The Kier molecular flexibility index (Phi) is 5.33. The SMILES string of the molecule is C=C(Cl)C(=O)OCC(=O)N(C)[SH]=O. The van der Waals surface area contributed by atoms with Crippen LogP contribution in [0.5, 0.6) is 0 Å². The fourth-order valence-electron chi connectivity index (χ4n) is 0.345. The highest BCUT2D eigenvalue weighted by molar-refractivity contribution is 7.63. The molecule has 0 aromatic heterocycles. The van der Waals surface area contributed by atoms with Crippen molar-refractivity contribution in [3.63, 3.8) is 0 Å². The van der Waals surface area contributed by atoms with Gasteiger partial charge in [-0.25, -0.2) is 9.00 Å². The van der Waals surface area contributed by atoms with Crippen molar-refractivity contribution in [2.75, 3.05) is 13.7 Å². The van der Waals surface area contributed by atoms with Gasteiger partial charge in [-0.2, -0.15) is 0 Å². The van der Waals surface area contributed by atoms with Crippen LogP contribution in [0.2, 0.25) is 0 Å². The van der Waals surface area contributed by atoms with Crippen LogP contribution in [0.25, 0.3) is 0 Å². The Morgan fingerprint density at radius 2 is 2.15 bits per heavy atom. The Morgan fingerprint density at radius 3 is 2.54 bits per heavy atom. The maximum absolute atomic E-state index is 10.9. The van der Waals surface area contributed by atoms with Gasteiger partial charge in [0.15, 0.2) is 6.61 Å². The van der Waals surface area contributed by atoms with E-state index in [0.29, 0.717) is 0 Å². The van der Waals surface area contributed by atoms with Gasteiger partial charge < -0.3 is 4.74 Å². The Labute approximate surface area is 83.9 Å². The number of hydrogen-bond donors (Lipinski definition) is 1. The summed E-state index contributed by atoms with van der Waals surface area (Å²) in [6.45, 7) is 2.60. The van der Waals surface area contributed by atoms with E-state index in [1.165, 1.54) is 7.05 Å². The molecule has 1 amide bonds. The van der Waals surface area contributed by atoms with Crippen LogP contribution in [0.1, 0.15) is 0 Å². The van der Waals surface area contributed by atoms with Crippen LogP contribution < -0.4 is 0 Å². The number of esters is 1. The first-order valence-corrected chi connectivity index (χ1v) is 4.24. The molecule has 0 aromatic carbocycles. The molecular formula is C6H8ClNO4S. The van der Waals surface area contributed by atoms with Crippen LogP contribution in [0.3, 0.4) is 0 Å². The summed E-state index contributed by atoms with van der Waals surface area (Å²) in [5.74, 6) is -1.46. The van der Waals surface area contributed by atoms with Crippen LogP contribution in [-0.2, 0) is 26.2 Å². The van der Waals surface area contributed by atoms with E-state index in [2.05, 4.69) is 11.3 Å². The molecule has 0 unspecified atom stereocenters. The number of likely N-dealkylation sites (N-methyl/N-ethyl adjacent to an activating group) is 1. The fraction of sp³-hybridized carbons (Fsp3) is 0.333. The molecule has 7 heteroatoms. The van der Waals surface area contributed by atoms with E-state index in [9.17, 15) is 13.8 Å². The van der Waals surface area contributed by atoms with E-state index in [0.717, 1.165) is 4.31 Å². The molecule has 0 radical (unpaired) electrons. The molecule has 5 nitrogen and oxygen atoms in total. The summed E-state index contributed by atoms with van der Waals surface area (Å²) in [6, 6.07) is 0. The molecule has 0 rings (SSSR count). The third kappa shape index (κ3) is 4.64. The van der Waals surface area contributed by atoms with Gasteiger partial charge in [-0.15, -0.1) is 0 Å². The van der Waals surface area contributed by atoms with Crippen molar-refractivity contribution in [3.05, 3.63) is 11.6 Å². The minimum Gasteiger partial charge on any atom is -0.451 e. The molecule has 13 heavy (non-hydrogen) atoms. The minimum absolute atomic E-state index is 0.310. The van der Waals surface area contributed by atoms with Crippen LogP contribution >= 0.6 is 11.6 Å². The topological polar surface area (TPSA) is 63.7 Å². The predicted octanol–water partition coefficient (Wildman–Crippen LogP) is -0.399. The second-order valence-electron chi connectivity index (χ2n) is 1.98. The molecule has 0 aliphatic heterocycles. The molecule has 0 saturated heterocycles. The zero-order valence-corrected chi connectivity index (χ0v) is 8.47. The van der Waals surface area contributed by atoms with Gasteiger partial charge in [-0.1, -0.05) is 18.2 Å². The molecule has 0 fully saturated rings. The van der Waals surface area contributed by atoms with Crippen LogP contribution in [0.15, 0.2) is 11.6 Å². The smallest absolute Gasteiger partial charge is 0.349 e. The lowest BCUT2D eigenvalue weighted by molar-refractivity contribution is -0.145. The zero-order valence-electron chi connectivity index (χ0n) is 6.82. The number of hydrogen-bond acceptors (Lipinski definition) is 4. The van der Waals surface area contributed by atoms with Gasteiger partial charge in [-0.05, 0) is 0 Å². The summed E-state index contributed by atoms with van der Waals surface area (Å²) in [4.78, 5) is 21.5. The first kappa shape index (κ1) is 12.1. The molecule has 0 aliphatic carbocycles. The lowest BCUT2D eigenvalue weighted by Gasteiger charge is -2.08. The molecule has 0 atom stereocenters. The third-order valence-electron chi connectivity index (χ3n) is 1.03. The van der Waals surface area contributed by atoms with Crippen molar-refractivity contribution in [2.45, 2.75) is 0 Å². The summed E-state index contributed by atoms with van der Waals surface area (Å²) < 4.78 is 15.4. The van der Waals surface area contributed by atoms with Gasteiger partial charge in [0.25, 0.3) is 5.91 Å². The van der Waals surface area contributed by atoms with E-state index in [4.69, 9.17) is 11.6 Å². The average Bonchev–Trinajstić information content (AvgIpc) is 2.11. The molecule has 0 saturated carbocycles. The van der Waals surface area contributed by atoms with Gasteiger partial charge in [0.05, 0.1) is 0 Å². The molecule has 0 N–H and O–H groups in total. The van der Waals surface area contributed by atoms with E-state index in [1.807, 2.05) is 0 Å². The monoisotopic (exact) mass is 225 g/mol. The summed E-state index contributed by atoms with van der Waals surface area (Å²) in [7, 11) is 1.29. The second-order valence-corrected chi connectivity index (χ2v) is 3.20. The highest BCUT2D eigenvalue weighted by Crippen LogP contribution is 1.99. The van der Waals surface area contributed by atoms with Crippen molar-refractivity contribution in [1.82, 2.24) is 4.31 Å². The minimum atomic E-state index is -0.869. The number of thiol groups is 1. The number of carbonyl (C=O) groups is 2. The van der Waals surface area contributed by atoms with Crippen molar-refractivity contribution in [2.24, 2.45) is 0 Å².